The number of rotatable bonds is 7. The number of hydrogen-bond donors (Lipinski definition) is 2. The van der Waals surface area contributed by atoms with E-state index < -0.39 is 0 Å². The minimum Gasteiger partial charge on any atom is -0.379 e. The molecule has 1 saturated heterocycles. The van der Waals surface area contributed by atoms with E-state index in [-0.39, 0.29) is 18.0 Å². The topological polar surface area (TPSA) is 77.4 Å². The number of nitriles is 1. The molecule has 0 saturated carbocycles. The summed E-state index contributed by atoms with van der Waals surface area (Å²) in [5.74, 6) is -0.0358. The zero-order valence-corrected chi connectivity index (χ0v) is 14.5. The van der Waals surface area contributed by atoms with Crippen molar-refractivity contribution in [1.82, 2.24) is 10.2 Å². The lowest BCUT2D eigenvalue weighted by Gasteiger charge is -2.32. The van der Waals surface area contributed by atoms with Gasteiger partial charge in [0.1, 0.15) is 0 Å². The number of carbonyl (C=O) groups excluding carboxylic acids is 1. The van der Waals surface area contributed by atoms with Gasteiger partial charge >= 0.3 is 0 Å². The highest BCUT2D eigenvalue weighted by Crippen LogP contribution is 2.11. The lowest BCUT2D eigenvalue weighted by molar-refractivity contribution is -0.121. The molecule has 1 aromatic rings. The monoisotopic (exact) mass is 330 g/mol. The van der Waals surface area contributed by atoms with Crippen LogP contribution in [0.5, 0.6) is 0 Å². The molecule has 24 heavy (non-hydrogen) atoms. The molecule has 2 rings (SSSR count). The van der Waals surface area contributed by atoms with Crippen LogP contribution in [0, 0.1) is 11.3 Å². The summed E-state index contributed by atoms with van der Waals surface area (Å²) in [6, 6.07) is 9.13. The molecule has 0 unspecified atom stereocenters. The molecule has 2 N–H and O–H groups in total. The Labute approximate surface area is 143 Å². The molecule has 0 bridgehead atoms. The van der Waals surface area contributed by atoms with Crippen LogP contribution in [-0.4, -0.2) is 55.7 Å². The smallest absolute Gasteiger partial charge is 0.239 e. The Hall–Kier alpha value is -2.10. The molecule has 1 amide bonds. The molecule has 1 heterocycles. The van der Waals surface area contributed by atoms with E-state index in [2.05, 4.69) is 21.6 Å². The van der Waals surface area contributed by atoms with E-state index in [0.717, 1.165) is 45.0 Å². The van der Waals surface area contributed by atoms with Gasteiger partial charge < -0.3 is 15.4 Å². The van der Waals surface area contributed by atoms with E-state index in [4.69, 9.17) is 10.00 Å². The fraction of sp³-hybridized carbons (Fsp3) is 0.556. The number of carbonyl (C=O) groups is 1. The van der Waals surface area contributed by atoms with Crippen molar-refractivity contribution < 1.29 is 9.53 Å². The standard InChI is InChI=1S/C18H26N4O2/c1-18(2,7-8-22-9-11-24-12-10-22)21-17(23)14-20-16-5-3-15(13-19)4-6-16/h3-6,20H,7-12,14H2,1-2H3,(H,21,23). The molecule has 6 nitrogen and oxygen atoms in total. The molecule has 130 valence electrons. The zero-order chi connectivity index (χ0) is 17.4. The molecular weight excluding hydrogens is 304 g/mol. The molecule has 6 heteroatoms. The van der Waals surface area contributed by atoms with E-state index in [1.807, 2.05) is 13.8 Å². The number of anilines is 1. The van der Waals surface area contributed by atoms with Gasteiger partial charge in [0.25, 0.3) is 0 Å². The van der Waals surface area contributed by atoms with Crippen LogP contribution in [0.3, 0.4) is 0 Å². The summed E-state index contributed by atoms with van der Waals surface area (Å²) < 4.78 is 5.35. The molecular formula is C18H26N4O2. The number of nitrogens with zero attached hydrogens (tertiary/aromatic N) is 2. The van der Waals surface area contributed by atoms with Gasteiger partial charge in [-0.2, -0.15) is 5.26 Å². The maximum absolute atomic E-state index is 12.1. The highest BCUT2D eigenvalue weighted by atomic mass is 16.5. The van der Waals surface area contributed by atoms with Gasteiger partial charge in [0.05, 0.1) is 31.4 Å². The first kappa shape index (κ1) is 18.2. The predicted octanol–water partition coefficient (Wildman–Crippen LogP) is 1.59. The van der Waals surface area contributed by atoms with Crippen molar-refractivity contribution >= 4 is 11.6 Å². The third-order valence-corrected chi connectivity index (χ3v) is 4.10. The van der Waals surface area contributed by atoms with Gasteiger partial charge in [-0.1, -0.05) is 0 Å². The van der Waals surface area contributed by atoms with Crippen molar-refractivity contribution in [2.45, 2.75) is 25.8 Å². The average molecular weight is 330 g/mol. The summed E-state index contributed by atoms with van der Waals surface area (Å²) in [5, 5.41) is 14.9. The normalized spacial score (nSPS) is 15.5. The lowest BCUT2D eigenvalue weighted by Crippen LogP contribution is -2.48. The van der Waals surface area contributed by atoms with Gasteiger partial charge in [-0.3, -0.25) is 9.69 Å². The second kappa shape index (κ2) is 8.67. The second-order valence-electron chi connectivity index (χ2n) is 6.68. The number of ether oxygens (including phenoxy) is 1. The maximum Gasteiger partial charge on any atom is 0.239 e. The van der Waals surface area contributed by atoms with Crippen LogP contribution in [0.2, 0.25) is 0 Å². The predicted molar refractivity (Wildman–Crippen MR) is 93.7 cm³/mol. The lowest BCUT2D eigenvalue weighted by atomic mass is 10.00. The third-order valence-electron chi connectivity index (χ3n) is 4.10. The Balaban J connectivity index is 1.72. The Morgan fingerprint density at radius 3 is 2.58 bits per heavy atom. The Morgan fingerprint density at radius 1 is 1.29 bits per heavy atom. The van der Waals surface area contributed by atoms with Crippen LogP contribution in [0.15, 0.2) is 24.3 Å². The Bertz CT molecular complexity index is 572. The third kappa shape index (κ3) is 6.19. The van der Waals surface area contributed by atoms with Gasteiger partial charge in [-0.25, -0.2) is 0 Å². The summed E-state index contributed by atoms with van der Waals surface area (Å²) in [5.41, 5.74) is 1.19. The van der Waals surface area contributed by atoms with Gasteiger partial charge in [-0.05, 0) is 44.5 Å². The largest absolute Gasteiger partial charge is 0.379 e. The molecule has 1 aliphatic rings. The quantitative estimate of drug-likeness (QED) is 0.794. The van der Waals surface area contributed by atoms with Gasteiger partial charge in [-0.15, -0.1) is 0 Å². The first-order valence-electron chi connectivity index (χ1n) is 8.34. The molecule has 0 atom stereocenters. The second-order valence-corrected chi connectivity index (χ2v) is 6.68. The molecule has 0 aromatic heterocycles. The number of benzene rings is 1. The van der Waals surface area contributed by atoms with E-state index in [9.17, 15) is 4.79 Å². The van der Waals surface area contributed by atoms with Crippen molar-refractivity contribution in [2.24, 2.45) is 0 Å². The number of nitrogens with one attached hydrogen (secondary N) is 2. The van der Waals surface area contributed by atoms with Crippen LogP contribution >= 0.6 is 0 Å². The highest BCUT2D eigenvalue weighted by Gasteiger charge is 2.22. The molecule has 1 fully saturated rings. The summed E-state index contributed by atoms with van der Waals surface area (Å²) >= 11 is 0. The van der Waals surface area contributed by atoms with Crippen molar-refractivity contribution in [3.63, 3.8) is 0 Å². The molecule has 0 radical (unpaired) electrons. The van der Waals surface area contributed by atoms with E-state index in [1.165, 1.54) is 0 Å². The fourth-order valence-corrected chi connectivity index (χ4v) is 2.59. The van der Waals surface area contributed by atoms with E-state index in [0.29, 0.717) is 5.56 Å². The summed E-state index contributed by atoms with van der Waals surface area (Å²) in [6.45, 7) is 8.78. The maximum atomic E-state index is 12.1. The highest BCUT2D eigenvalue weighted by molar-refractivity contribution is 5.81. The van der Waals surface area contributed by atoms with Crippen molar-refractivity contribution in [3.8, 4) is 6.07 Å². The minimum atomic E-state index is -0.248. The summed E-state index contributed by atoms with van der Waals surface area (Å²) in [7, 11) is 0. The van der Waals surface area contributed by atoms with E-state index >= 15 is 0 Å². The first-order valence-corrected chi connectivity index (χ1v) is 8.34. The SMILES string of the molecule is CC(C)(CCN1CCOCC1)NC(=O)CNc1ccc(C#N)cc1. The summed E-state index contributed by atoms with van der Waals surface area (Å²) in [6.07, 6.45) is 0.898. The van der Waals surface area contributed by atoms with Crippen molar-refractivity contribution in [3.05, 3.63) is 29.8 Å². The average Bonchev–Trinajstić information content (AvgIpc) is 2.59. The number of hydrogen-bond acceptors (Lipinski definition) is 5. The van der Waals surface area contributed by atoms with Gasteiger partial charge in [0, 0.05) is 30.9 Å². The van der Waals surface area contributed by atoms with Gasteiger partial charge in [0.2, 0.25) is 5.91 Å². The van der Waals surface area contributed by atoms with Crippen LogP contribution in [-0.2, 0) is 9.53 Å². The number of amides is 1. The van der Waals surface area contributed by atoms with Crippen LogP contribution in [0.1, 0.15) is 25.8 Å². The molecule has 0 spiro atoms. The number of morpholine rings is 1. The fourth-order valence-electron chi connectivity index (χ4n) is 2.59. The first-order chi connectivity index (χ1) is 11.5. The Morgan fingerprint density at radius 2 is 1.96 bits per heavy atom. The Kier molecular flexibility index (Phi) is 6.59. The van der Waals surface area contributed by atoms with E-state index in [1.54, 1.807) is 24.3 Å². The molecule has 1 aromatic carbocycles. The van der Waals surface area contributed by atoms with Crippen LogP contribution in [0.25, 0.3) is 0 Å². The molecule has 0 aliphatic carbocycles. The van der Waals surface area contributed by atoms with Crippen LogP contribution < -0.4 is 10.6 Å². The minimum absolute atomic E-state index is 0.0358. The van der Waals surface area contributed by atoms with Crippen molar-refractivity contribution in [1.29, 1.82) is 5.26 Å². The summed E-state index contributed by atoms with van der Waals surface area (Å²) in [4.78, 5) is 14.5. The van der Waals surface area contributed by atoms with Crippen molar-refractivity contribution in [2.75, 3.05) is 44.7 Å². The van der Waals surface area contributed by atoms with Gasteiger partial charge in [0.15, 0.2) is 0 Å². The molecule has 1 aliphatic heterocycles. The van der Waals surface area contributed by atoms with Crippen LogP contribution in [0.4, 0.5) is 5.69 Å². The zero-order valence-electron chi connectivity index (χ0n) is 14.5.